The van der Waals surface area contributed by atoms with Crippen molar-refractivity contribution in [2.24, 2.45) is 5.92 Å². The third kappa shape index (κ3) is 5.33. The number of carbonyl (C=O) groups is 1. The molecule has 122 valence electrons. The van der Waals surface area contributed by atoms with Crippen molar-refractivity contribution in [3.05, 3.63) is 59.7 Å². The monoisotopic (exact) mass is 314 g/mol. The summed E-state index contributed by atoms with van der Waals surface area (Å²) in [4.78, 5) is 11.4. The Kier molecular flexibility index (Phi) is 6.03. The predicted octanol–water partition coefficient (Wildman–Crippen LogP) is 3.75. The molecule has 0 aliphatic rings. The largest absolute Gasteiger partial charge is 0.504 e. The van der Waals surface area contributed by atoms with Gasteiger partial charge in [0, 0.05) is 0 Å². The molecule has 0 aromatic heterocycles. The Labute approximate surface area is 136 Å². The molecule has 4 heteroatoms. The number of aromatic hydroxyl groups is 2. The topological polar surface area (TPSA) is 77.8 Å². The van der Waals surface area contributed by atoms with E-state index in [0.717, 1.165) is 24.8 Å². The number of hydrogen-bond acceptors (Lipinski definition) is 3. The summed E-state index contributed by atoms with van der Waals surface area (Å²) in [5.74, 6) is -1.70. The van der Waals surface area contributed by atoms with E-state index < -0.39 is 11.9 Å². The molecule has 0 amide bonds. The molecule has 0 spiro atoms. The van der Waals surface area contributed by atoms with E-state index in [-0.39, 0.29) is 11.5 Å². The number of aryl methyl sites for hydroxylation is 1. The molecule has 3 N–H and O–H groups in total. The molecule has 0 aliphatic carbocycles. The number of rotatable bonds is 8. The van der Waals surface area contributed by atoms with Crippen LogP contribution in [0.4, 0.5) is 0 Å². The molecule has 2 aromatic carbocycles. The Bertz CT molecular complexity index is 637. The molecular formula is C19H22O4. The van der Waals surface area contributed by atoms with Crippen LogP contribution in [0.5, 0.6) is 11.5 Å². The summed E-state index contributed by atoms with van der Waals surface area (Å²) in [6, 6.07) is 14.6. The van der Waals surface area contributed by atoms with Crippen LogP contribution in [0.1, 0.15) is 30.4 Å². The SMILES string of the molecule is O=C(O)C(CCCCc1ccccc1)Cc1ccc(O)c(O)c1. The van der Waals surface area contributed by atoms with Crippen molar-refractivity contribution in [3.8, 4) is 11.5 Å². The normalized spacial score (nSPS) is 12.0. The van der Waals surface area contributed by atoms with Crippen molar-refractivity contribution in [1.29, 1.82) is 0 Å². The maximum absolute atomic E-state index is 11.4. The quantitative estimate of drug-likeness (QED) is 0.512. The second-order valence-corrected chi connectivity index (χ2v) is 5.79. The van der Waals surface area contributed by atoms with Crippen LogP contribution < -0.4 is 0 Å². The maximum atomic E-state index is 11.4. The number of hydrogen-bond donors (Lipinski definition) is 3. The summed E-state index contributed by atoms with van der Waals surface area (Å²) < 4.78 is 0. The van der Waals surface area contributed by atoms with Crippen LogP contribution in [0.25, 0.3) is 0 Å². The third-order valence-corrected chi connectivity index (χ3v) is 3.98. The summed E-state index contributed by atoms with van der Waals surface area (Å²) in [6.07, 6.45) is 3.70. The number of unbranched alkanes of at least 4 members (excludes halogenated alkanes) is 1. The molecule has 0 fully saturated rings. The molecule has 0 bridgehead atoms. The van der Waals surface area contributed by atoms with Crippen LogP contribution in [-0.4, -0.2) is 21.3 Å². The maximum Gasteiger partial charge on any atom is 0.306 e. The number of carboxylic acid groups (broad SMARTS) is 1. The van der Waals surface area contributed by atoms with Crippen LogP contribution in [0, 0.1) is 5.92 Å². The van der Waals surface area contributed by atoms with Gasteiger partial charge in [0.15, 0.2) is 11.5 Å². The predicted molar refractivity (Wildman–Crippen MR) is 88.6 cm³/mol. The summed E-state index contributed by atoms with van der Waals surface area (Å²) in [6.45, 7) is 0. The molecule has 0 radical (unpaired) electrons. The van der Waals surface area contributed by atoms with Crippen molar-refractivity contribution in [1.82, 2.24) is 0 Å². The van der Waals surface area contributed by atoms with Crippen LogP contribution in [0.3, 0.4) is 0 Å². The van der Waals surface area contributed by atoms with Gasteiger partial charge in [0.2, 0.25) is 0 Å². The third-order valence-electron chi connectivity index (χ3n) is 3.98. The van der Waals surface area contributed by atoms with E-state index in [4.69, 9.17) is 0 Å². The van der Waals surface area contributed by atoms with Gasteiger partial charge in [0.25, 0.3) is 0 Å². The van der Waals surface area contributed by atoms with E-state index >= 15 is 0 Å². The number of aliphatic carboxylic acids is 1. The fraction of sp³-hybridized carbons (Fsp3) is 0.316. The first-order valence-corrected chi connectivity index (χ1v) is 7.84. The summed E-state index contributed by atoms with van der Waals surface area (Å²) in [7, 11) is 0. The van der Waals surface area contributed by atoms with Crippen LogP contribution in [0.2, 0.25) is 0 Å². The summed E-state index contributed by atoms with van der Waals surface area (Å²) in [5.41, 5.74) is 1.98. The van der Waals surface area contributed by atoms with Gasteiger partial charge in [-0.3, -0.25) is 4.79 Å². The number of phenolic OH excluding ortho intramolecular Hbond substituents is 2. The van der Waals surface area contributed by atoms with E-state index in [0.29, 0.717) is 12.8 Å². The van der Waals surface area contributed by atoms with Crippen molar-refractivity contribution in [2.75, 3.05) is 0 Å². The van der Waals surface area contributed by atoms with E-state index in [1.165, 1.54) is 17.7 Å². The molecule has 4 nitrogen and oxygen atoms in total. The van der Waals surface area contributed by atoms with Gasteiger partial charge in [-0.2, -0.15) is 0 Å². The van der Waals surface area contributed by atoms with Crippen molar-refractivity contribution in [2.45, 2.75) is 32.1 Å². The van der Waals surface area contributed by atoms with E-state index in [1.54, 1.807) is 6.07 Å². The van der Waals surface area contributed by atoms with Gasteiger partial charge in [0.05, 0.1) is 5.92 Å². The zero-order valence-electron chi connectivity index (χ0n) is 13.0. The highest BCUT2D eigenvalue weighted by atomic mass is 16.4. The van der Waals surface area contributed by atoms with Crippen LogP contribution in [0.15, 0.2) is 48.5 Å². The van der Waals surface area contributed by atoms with Crippen molar-refractivity contribution < 1.29 is 20.1 Å². The Morgan fingerprint density at radius 2 is 1.65 bits per heavy atom. The smallest absolute Gasteiger partial charge is 0.306 e. The fourth-order valence-corrected chi connectivity index (χ4v) is 2.66. The highest BCUT2D eigenvalue weighted by Crippen LogP contribution is 2.27. The zero-order valence-corrected chi connectivity index (χ0v) is 13.0. The Balaban J connectivity index is 1.84. The molecule has 0 saturated carbocycles. The highest BCUT2D eigenvalue weighted by Gasteiger charge is 2.18. The molecule has 0 saturated heterocycles. The van der Waals surface area contributed by atoms with Crippen LogP contribution in [-0.2, 0) is 17.6 Å². The fourth-order valence-electron chi connectivity index (χ4n) is 2.66. The van der Waals surface area contributed by atoms with Gasteiger partial charge < -0.3 is 15.3 Å². The average molecular weight is 314 g/mol. The lowest BCUT2D eigenvalue weighted by Gasteiger charge is -2.13. The van der Waals surface area contributed by atoms with Gasteiger partial charge in [0.1, 0.15) is 0 Å². The molecule has 2 rings (SSSR count). The lowest BCUT2D eigenvalue weighted by atomic mass is 9.93. The van der Waals surface area contributed by atoms with Gasteiger partial charge in [-0.15, -0.1) is 0 Å². The minimum Gasteiger partial charge on any atom is -0.504 e. The second-order valence-electron chi connectivity index (χ2n) is 5.79. The molecule has 2 aromatic rings. The molecule has 1 atom stereocenters. The van der Waals surface area contributed by atoms with Gasteiger partial charge in [-0.25, -0.2) is 0 Å². The van der Waals surface area contributed by atoms with Crippen LogP contribution >= 0.6 is 0 Å². The first-order chi connectivity index (χ1) is 11.1. The van der Waals surface area contributed by atoms with Gasteiger partial charge in [-0.1, -0.05) is 42.8 Å². The minimum absolute atomic E-state index is 0.191. The average Bonchev–Trinajstić information content (AvgIpc) is 2.54. The molecule has 23 heavy (non-hydrogen) atoms. The molecule has 0 heterocycles. The van der Waals surface area contributed by atoms with Crippen molar-refractivity contribution >= 4 is 5.97 Å². The van der Waals surface area contributed by atoms with Crippen molar-refractivity contribution in [3.63, 3.8) is 0 Å². The van der Waals surface area contributed by atoms with E-state index in [1.807, 2.05) is 18.2 Å². The second kappa shape index (κ2) is 8.22. The van der Waals surface area contributed by atoms with Gasteiger partial charge in [-0.05, 0) is 48.9 Å². The molecule has 1 unspecified atom stereocenters. The van der Waals surface area contributed by atoms with E-state index in [2.05, 4.69) is 12.1 Å². The number of phenols is 2. The molecular weight excluding hydrogens is 292 g/mol. The zero-order chi connectivity index (χ0) is 16.7. The summed E-state index contributed by atoms with van der Waals surface area (Å²) >= 11 is 0. The lowest BCUT2D eigenvalue weighted by molar-refractivity contribution is -0.142. The minimum atomic E-state index is -0.822. The first kappa shape index (κ1) is 16.9. The standard InChI is InChI=1S/C19H22O4/c20-17-11-10-15(13-18(17)21)12-16(19(22)23)9-5-4-8-14-6-2-1-3-7-14/h1-3,6-7,10-11,13,16,20-21H,4-5,8-9,12H2,(H,22,23). The number of carboxylic acids is 1. The Morgan fingerprint density at radius 1 is 0.913 bits per heavy atom. The summed E-state index contributed by atoms with van der Waals surface area (Å²) in [5, 5.41) is 28.2. The highest BCUT2D eigenvalue weighted by molar-refractivity contribution is 5.70. The Hall–Kier alpha value is -2.49. The Morgan fingerprint density at radius 3 is 2.30 bits per heavy atom. The molecule has 0 aliphatic heterocycles. The number of benzene rings is 2. The first-order valence-electron chi connectivity index (χ1n) is 7.84. The van der Waals surface area contributed by atoms with E-state index in [9.17, 15) is 20.1 Å². The van der Waals surface area contributed by atoms with Gasteiger partial charge >= 0.3 is 5.97 Å². The lowest BCUT2D eigenvalue weighted by Crippen LogP contribution is -2.16.